The summed E-state index contributed by atoms with van der Waals surface area (Å²) in [6.45, 7) is 2.87. The molecule has 2 aliphatic rings. The minimum absolute atomic E-state index is 0.198. The van der Waals surface area contributed by atoms with E-state index in [0.717, 1.165) is 48.9 Å². The van der Waals surface area contributed by atoms with E-state index in [2.05, 4.69) is 62.5 Å². The summed E-state index contributed by atoms with van der Waals surface area (Å²) in [4.78, 5) is 15.2. The van der Waals surface area contributed by atoms with Gasteiger partial charge in [-0.2, -0.15) is 0 Å². The molecule has 1 atom stereocenters. The Hall–Kier alpha value is -1.81. The first-order valence-electron chi connectivity index (χ1n) is 9.02. The molecule has 1 aliphatic heterocycles. The van der Waals surface area contributed by atoms with Crippen molar-refractivity contribution in [3.05, 3.63) is 64.6 Å². The zero-order chi connectivity index (χ0) is 17.3. The number of halogens is 1. The van der Waals surface area contributed by atoms with Crippen molar-refractivity contribution in [2.75, 3.05) is 24.5 Å². The number of amides is 1. The first-order valence-corrected chi connectivity index (χ1v) is 9.81. The van der Waals surface area contributed by atoms with E-state index in [-0.39, 0.29) is 11.3 Å². The van der Waals surface area contributed by atoms with Gasteiger partial charge >= 0.3 is 0 Å². The van der Waals surface area contributed by atoms with Gasteiger partial charge in [0, 0.05) is 29.8 Å². The summed E-state index contributed by atoms with van der Waals surface area (Å²) < 4.78 is 1.04. The van der Waals surface area contributed by atoms with Crippen LogP contribution in [-0.2, 0) is 10.2 Å². The maximum atomic E-state index is 12.8. The van der Waals surface area contributed by atoms with E-state index < -0.39 is 0 Å². The molecule has 4 rings (SSSR count). The number of anilines is 1. The summed E-state index contributed by atoms with van der Waals surface area (Å²) in [6.07, 6.45) is 3.05. The summed E-state index contributed by atoms with van der Waals surface area (Å²) in [5.74, 6) is 0.728. The number of hydrogen-bond donors (Lipinski definition) is 1. The van der Waals surface area contributed by atoms with Crippen molar-refractivity contribution in [2.24, 2.45) is 5.92 Å². The molecule has 0 bridgehead atoms. The molecule has 2 aromatic carbocycles. The van der Waals surface area contributed by atoms with Crippen LogP contribution in [0.3, 0.4) is 0 Å². The van der Waals surface area contributed by atoms with Gasteiger partial charge in [0.2, 0.25) is 5.91 Å². The summed E-state index contributed by atoms with van der Waals surface area (Å²) >= 11 is 3.52. The second-order valence-electron chi connectivity index (χ2n) is 7.24. The molecule has 1 saturated carbocycles. The Balaban J connectivity index is 1.34. The fraction of sp³-hybridized carbons (Fsp3) is 0.381. The number of carbonyl (C=O) groups is 1. The molecule has 1 unspecified atom stereocenters. The fourth-order valence-electron chi connectivity index (χ4n) is 3.84. The zero-order valence-corrected chi connectivity index (χ0v) is 15.8. The predicted molar refractivity (Wildman–Crippen MR) is 105 cm³/mol. The van der Waals surface area contributed by atoms with Crippen molar-refractivity contribution in [1.29, 1.82) is 0 Å². The average Bonchev–Trinajstić information content (AvgIpc) is 3.32. The molecule has 0 radical (unpaired) electrons. The number of carbonyl (C=O) groups excluding carboxylic acids is 1. The molecule has 130 valence electrons. The lowest BCUT2D eigenvalue weighted by atomic mass is 9.95. The first-order chi connectivity index (χ1) is 12.2. The lowest BCUT2D eigenvalue weighted by Crippen LogP contribution is -2.38. The summed E-state index contributed by atoms with van der Waals surface area (Å²) in [7, 11) is 0. The third-order valence-corrected chi connectivity index (χ3v) is 6.01. The molecule has 1 amide bonds. The number of nitrogens with one attached hydrogen (secondary N) is 1. The minimum Gasteiger partial charge on any atom is -0.371 e. The van der Waals surface area contributed by atoms with Gasteiger partial charge in [-0.3, -0.25) is 4.79 Å². The minimum atomic E-state index is -0.290. The molecule has 25 heavy (non-hydrogen) atoms. The lowest BCUT2D eigenvalue weighted by Gasteiger charge is -2.20. The molecular formula is C21H23BrN2O. The number of benzene rings is 2. The van der Waals surface area contributed by atoms with Crippen molar-refractivity contribution < 1.29 is 4.79 Å². The van der Waals surface area contributed by atoms with Crippen LogP contribution in [-0.4, -0.2) is 25.5 Å². The van der Waals surface area contributed by atoms with Crippen LogP contribution in [0, 0.1) is 5.92 Å². The molecular weight excluding hydrogens is 376 g/mol. The van der Waals surface area contributed by atoms with Gasteiger partial charge in [-0.15, -0.1) is 0 Å². The van der Waals surface area contributed by atoms with Crippen LogP contribution in [0.15, 0.2) is 59.1 Å². The van der Waals surface area contributed by atoms with Crippen LogP contribution in [0.1, 0.15) is 24.8 Å². The molecule has 0 aromatic heterocycles. The molecule has 0 spiro atoms. The Morgan fingerprint density at radius 1 is 1.16 bits per heavy atom. The number of nitrogens with zero attached hydrogens (tertiary/aromatic N) is 1. The van der Waals surface area contributed by atoms with Gasteiger partial charge in [0.25, 0.3) is 0 Å². The predicted octanol–water partition coefficient (Wildman–Crippen LogP) is 4.12. The van der Waals surface area contributed by atoms with Crippen LogP contribution < -0.4 is 10.2 Å². The third-order valence-electron chi connectivity index (χ3n) is 5.52. The molecule has 3 nitrogen and oxygen atoms in total. The normalized spacial score (nSPS) is 21.2. The van der Waals surface area contributed by atoms with Gasteiger partial charge in [-0.25, -0.2) is 0 Å². The number of hydrogen-bond acceptors (Lipinski definition) is 2. The van der Waals surface area contributed by atoms with Gasteiger partial charge in [-0.05, 0) is 55.0 Å². The van der Waals surface area contributed by atoms with Crippen molar-refractivity contribution in [3.63, 3.8) is 0 Å². The Morgan fingerprint density at radius 2 is 1.96 bits per heavy atom. The molecule has 1 aliphatic carbocycles. The van der Waals surface area contributed by atoms with Crippen LogP contribution in [0.4, 0.5) is 5.69 Å². The highest BCUT2D eigenvalue weighted by Crippen LogP contribution is 2.48. The molecule has 2 aromatic rings. The fourth-order valence-corrected chi connectivity index (χ4v) is 4.24. The Labute approximate surface area is 157 Å². The van der Waals surface area contributed by atoms with E-state index >= 15 is 0 Å². The Kier molecular flexibility index (Phi) is 4.55. The average molecular weight is 399 g/mol. The smallest absolute Gasteiger partial charge is 0.230 e. The molecule has 2 fully saturated rings. The van der Waals surface area contributed by atoms with Gasteiger partial charge in [-0.1, -0.05) is 46.3 Å². The van der Waals surface area contributed by atoms with Crippen LogP contribution in [0.25, 0.3) is 0 Å². The van der Waals surface area contributed by atoms with Crippen LogP contribution >= 0.6 is 15.9 Å². The zero-order valence-electron chi connectivity index (χ0n) is 14.2. The van der Waals surface area contributed by atoms with E-state index in [9.17, 15) is 4.79 Å². The van der Waals surface area contributed by atoms with Gasteiger partial charge in [0.05, 0.1) is 5.41 Å². The second-order valence-corrected chi connectivity index (χ2v) is 8.15. The summed E-state index contributed by atoms with van der Waals surface area (Å²) in [6, 6.07) is 18.7. The highest BCUT2D eigenvalue weighted by molar-refractivity contribution is 9.10. The molecule has 1 saturated heterocycles. The highest BCUT2D eigenvalue weighted by atomic mass is 79.9. The second kappa shape index (κ2) is 6.83. The number of rotatable bonds is 5. The van der Waals surface area contributed by atoms with E-state index in [4.69, 9.17) is 0 Å². The summed E-state index contributed by atoms with van der Waals surface area (Å²) in [5, 5.41) is 3.24. The van der Waals surface area contributed by atoms with E-state index in [1.165, 1.54) is 5.69 Å². The van der Waals surface area contributed by atoms with Gasteiger partial charge in [0.1, 0.15) is 0 Å². The Bertz CT molecular complexity index is 758. The van der Waals surface area contributed by atoms with Crippen molar-refractivity contribution in [3.8, 4) is 0 Å². The maximum absolute atomic E-state index is 12.8. The lowest BCUT2D eigenvalue weighted by molar-refractivity contribution is -0.123. The topological polar surface area (TPSA) is 32.3 Å². The van der Waals surface area contributed by atoms with Crippen molar-refractivity contribution in [1.82, 2.24) is 5.32 Å². The molecule has 1 heterocycles. The monoisotopic (exact) mass is 398 g/mol. The third kappa shape index (κ3) is 3.45. The summed E-state index contributed by atoms with van der Waals surface area (Å²) in [5.41, 5.74) is 2.13. The van der Waals surface area contributed by atoms with Crippen LogP contribution in [0.2, 0.25) is 0 Å². The molecule has 4 heteroatoms. The van der Waals surface area contributed by atoms with E-state index in [0.29, 0.717) is 5.92 Å². The van der Waals surface area contributed by atoms with Gasteiger partial charge in [0.15, 0.2) is 0 Å². The number of para-hydroxylation sites is 1. The Morgan fingerprint density at radius 3 is 2.68 bits per heavy atom. The van der Waals surface area contributed by atoms with E-state index in [1.807, 2.05) is 18.2 Å². The maximum Gasteiger partial charge on any atom is 0.230 e. The van der Waals surface area contributed by atoms with Crippen molar-refractivity contribution >= 4 is 27.5 Å². The van der Waals surface area contributed by atoms with Crippen LogP contribution in [0.5, 0.6) is 0 Å². The largest absolute Gasteiger partial charge is 0.371 e. The quantitative estimate of drug-likeness (QED) is 0.820. The first kappa shape index (κ1) is 16.6. The van der Waals surface area contributed by atoms with Crippen molar-refractivity contribution in [2.45, 2.75) is 24.7 Å². The SMILES string of the molecule is O=C(NCC1CCN(c2ccccc2)C1)C1(c2cccc(Br)c2)CC1. The highest BCUT2D eigenvalue weighted by Gasteiger charge is 2.51. The van der Waals surface area contributed by atoms with Gasteiger partial charge < -0.3 is 10.2 Å². The standard InChI is InChI=1S/C21H23BrN2O/c22-18-6-4-5-17(13-18)21(10-11-21)20(25)23-14-16-9-12-24(15-16)19-7-2-1-3-8-19/h1-8,13,16H,9-12,14-15H2,(H,23,25). The molecule has 1 N–H and O–H groups in total. The van der Waals surface area contributed by atoms with E-state index in [1.54, 1.807) is 0 Å².